The van der Waals surface area contributed by atoms with Gasteiger partial charge in [0.2, 0.25) is 5.91 Å². The van der Waals surface area contributed by atoms with Crippen molar-refractivity contribution >= 4 is 17.3 Å². The quantitative estimate of drug-likeness (QED) is 0.688. The van der Waals surface area contributed by atoms with Gasteiger partial charge in [-0.05, 0) is 87.6 Å². The minimum atomic E-state index is 0.288. The van der Waals surface area contributed by atoms with Gasteiger partial charge in [-0.2, -0.15) is 0 Å². The Morgan fingerprint density at radius 3 is 2.33 bits per heavy atom. The maximum atomic E-state index is 13.1. The molecule has 1 spiro atoms. The highest BCUT2D eigenvalue weighted by Gasteiger charge is 2.59. The van der Waals surface area contributed by atoms with E-state index in [0.717, 1.165) is 58.7 Å². The maximum absolute atomic E-state index is 13.1. The van der Waals surface area contributed by atoms with Crippen LogP contribution in [0.2, 0.25) is 0 Å². The average Bonchev–Trinajstić information content (AvgIpc) is 3.60. The summed E-state index contributed by atoms with van der Waals surface area (Å²) in [4.78, 5) is 22.4. The average molecular weight is 447 g/mol. The highest BCUT2D eigenvalue weighted by atomic mass is 16.2. The lowest BCUT2D eigenvalue weighted by Gasteiger charge is -2.33. The molecule has 2 saturated heterocycles. The third-order valence-electron chi connectivity index (χ3n) is 8.24. The van der Waals surface area contributed by atoms with Gasteiger partial charge >= 0.3 is 0 Å². The first-order valence-corrected chi connectivity index (χ1v) is 12.6. The number of likely N-dealkylation sites (tertiary alicyclic amines) is 1. The van der Waals surface area contributed by atoms with Crippen molar-refractivity contribution in [3.63, 3.8) is 0 Å². The van der Waals surface area contributed by atoms with Gasteiger partial charge in [0.1, 0.15) is 0 Å². The summed E-state index contributed by atoms with van der Waals surface area (Å²) in [5.41, 5.74) is 4.08. The first kappa shape index (κ1) is 22.4. The predicted octanol–water partition coefficient (Wildman–Crippen LogP) is 4.22. The minimum absolute atomic E-state index is 0.288. The van der Waals surface area contributed by atoms with E-state index < -0.39 is 0 Å². The summed E-state index contributed by atoms with van der Waals surface area (Å²) in [6.45, 7) is 7.19. The minimum Gasteiger partial charge on any atom is -0.345 e. The predicted molar refractivity (Wildman–Crippen MR) is 135 cm³/mol. The molecule has 176 valence electrons. The zero-order valence-corrected chi connectivity index (χ0v) is 20.2. The number of para-hydroxylation sites is 1. The fourth-order valence-electron chi connectivity index (χ4n) is 5.78. The topological polar surface area (TPSA) is 30.0 Å². The lowest BCUT2D eigenvalue weighted by atomic mass is 9.90. The van der Waals surface area contributed by atoms with E-state index in [2.05, 4.69) is 88.3 Å². The van der Waals surface area contributed by atoms with Gasteiger partial charge in [0.25, 0.3) is 0 Å². The lowest BCUT2D eigenvalue weighted by Crippen LogP contribution is -2.39. The summed E-state index contributed by atoms with van der Waals surface area (Å²) in [5.74, 6) is 0.729. The van der Waals surface area contributed by atoms with Gasteiger partial charge < -0.3 is 14.7 Å². The second-order valence-electron chi connectivity index (χ2n) is 10.4. The third kappa shape index (κ3) is 4.95. The van der Waals surface area contributed by atoms with Gasteiger partial charge in [-0.25, -0.2) is 0 Å². The van der Waals surface area contributed by atoms with Crippen molar-refractivity contribution in [2.45, 2.75) is 32.2 Å². The van der Waals surface area contributed by atoms with Crippen LogP contribution in [0.5, 0.6) is 0 Å². The number of amides is 1. The molecule has 1 amide bonds. The number of hydrogen-bond donors (Lipinski definition) is 0. The van der Waals surface area contributed by atoms with Crippen LogP contribution in [0.1, 0.15) is 31.2 Å². The largest absolute Gasteiger partial charge is 0.345 e. The number of carbonyl (C=O) groups is 1. The molecule has 0 radical (unpaired) electrons. The molecule has 33 heavy (non-hydrogen) atoms. The molecule has 2 aromatic rings. The smallest absolute Gasteiger partial charge is 0.226 e. The van der Waals surface area contributed by atoms with E-state index in [1.807, 2.05) is 0 Å². The molecule has 0 N–H and O–H groups in total. The van der Waals surface area contributed by atoms with Crippen molar-refractivity contribution in [3.8, 4) is 0 Å². The Balaban J connectivity index is 1.11. The second-order valence-corrected chi connectivity index (χ2v) is 10.4. The van der Waals surface area contributed by atoms with Crippen molar-refractivity contribution < 1.29 is 4.79 Å². The number of carbonyl (C=O) groups excluding carboxylic acids is 1. The Kier molecular flexibility index (Phi) is 6.44. The van der Waals surface area contributed by atoms with Crippen LogP contribution < -0.4 is 4.90 Å². The summed E-state index contributed by atoms with van der Waals surface area (Å²) in [6, 6.07) is 19.5. The summed E-state index contributed by atoms with van der Waals surface area (Å²) in [5, 5.41) is 0. The number of nitrogens with zero attached hydrogens (tertiary/aromatic N) is 4. The normalized spacial score (nSPS) is 23.3. The molecule has 5 rings (SSSR count). The highest BCUT2D eigenvalue weighted by Crippen LogP contribution is 2.60. The molecule has 2 heterocycles. The summed E-state index contributed by atoms with van der Waals surface area (Å²) < 4.78 is 0. The van der Waals surface area contributed by atoms with Crippen LogP contribution in [0.3, 0.4) is 0 Å². The van der Waals surface area contributed by atoms with Gasteiger partial charge in [-0.1, -0.05) is 30.3 Å². The van der Waals surface area contributed by atoms with E-state index in [-0.39, 0.29) is 5.92 Å². The molecule has 3 aliphatic rings. The number of hydrogen-bond acceptors (Lipinski definition) is 4. The van der Waals surface area contributed by atoms with E-state index in [4.69, 9.17) is 0 Å². The standard InChI is InChI=1S/C28H38N4O/c1-29-15-6-16-32(20-19-29)27(33)26-21-28(26)13-17-31(18-14-28)22-23-9-11-25(12-10-23)30(2)24-7-4-3-5-8-24/h3-5,7-12,26H,6,13-22H2,1-2H3. The Morgan fingerprint density at radius 2 is 1.61 bits per heavy atom. The van der Waals surface area contributed by atoms with E-state index in [1.54, 1.807) is 0 Å². The molecule has 1 atom stereocenters. The van der Waals surface area contributed by atoms with E-state index >= 15 is 0 Å². The molecular formula is C28H38N4O. The molecule has 2 aliphatic heterocycles. The van der Waals surface area contributed by atoms with Crippen molar-refractivity contribution in [1.82, 2.24) is 14.7 Å². The number of rotatable bonds is 5. The van der Waals surface area contributed by atoms with Crippen LogP contribution in [0.25, 0.3) is 0 Å². The SMILES string of the molecule is CN1CCCN(C(=O)C2CC23CCN(Cc2ccc(N(C)c4ccccc4)cc2)CC3)CC1. The number of likely N-dealkylation sites (N-methyl/N-ethyl adjacent to an activating group) is 1. The van der Waals surface area contributed by atoms with Crippen LogP contribution in [0, 0.1) is 11.3 Å². The number of benzene rings is 2. The van der Waals surface area contributed by atoms with Gasteiger partial charge in [-0.15, -0.1) is 0 Å². The molecule has 1 saturated carbocycles. The molecule has 0 aromatic heterocycles. The molecule has 0 bridgehead atoms. The summed E-state index contributed by atoms with van der Waals surface area (Å²) >= 11 is 0. The van der Waals surface area contributed by atoms with Crippen LogP contribution in [0.4, 0.5) is 11.4 Å². The van der Waals surface area contributed by atoms with Crippen molar-refractivity contribution in [3.05, 3.63) is 60.2 Å². The van der Waals surface area contributed by atoms with Gasteiger partial charge in [0.15, 0.2) is 0 Å². The summed E-state index contributed by atoms with van der Waals surface area (Å²) in [6.07, 6.45) is 4.57. The highest BCUT2D eigenvalue weighted by molar-refractivity contribution is 5.82. The van der Waals surface area contributed by atoms with Crippen LogP contribution >= 0.6 is 0 Å². The zero-order chi connectivity index (χ0) is 22.8. The first-order valence-electron chi connectivity index (χ1n) is 12.6. The Hall–Kier alpha value is -2.37. The molecule has 2 aromatic carbocycles. The van der Waals surface area contributed by atoms with Gasteiger partial charge in [-0.3, -0.25) is 9.69 Å². The monoisotopic (exact) mass is 446 g/mol. The van der Waals surface area contributed by atoms with Crippen molar-refractivity contribution in [2.75, 3.05) is 58.3 Å². The molecule has 3 fully saturated rings. The zero-order valence-electron chi connectivity index (χ0n) is 20.2. The van der Waals surface area contributed by atoms with Gasteiger partial charge in [0.05, 0.1) is 0 Å². The third-order valence-corrected chi connectivity index (χ3v) is 8.24. The number of piperidine rings is 1. The lowest BCUT2D eigenvalue weighted by molar-refractivity contribution is -0.133. The second kappa shape index (κ2) is 9.47. The van der Waals surface area contributed by atoms with E-state index in [1.165, 1.54) is 29.8 Å². The fraction of sp³-hybridized carbons (Fsp3) is 0.536. The van der Waals surface area contributed by atoms with Crippen molar-refractivity contribution in [2.24, 2.45) is 11.3 Å². The maximum Gasteiger partial charge on any atom is 0.226 e. The summed E-state index contributed by atoms with van der Waals surface area (Å²) in [7, 11) is 4.28. The van der Waals surface area contributed by atoms with Gasteiger partial charge in [0, 0.05) is 50.5 Å². The Morgan fingerprint density at radius 1 is 0.909 bits per heavy atom. The van der Waals surface area contributed by atoms with E-state index in [0.29, 0.717) is 11.3 Å². The number of anilines is 2. The Labute approximate surface area is 199 Å². The molecule has 1 unspecified atom stereocenters. The molecule has 1 aliphatic carbocycles. The molecule has 5 heteroatoms. The molecule has 5 nitrogen and oxygen atoms in total. The van der Waals surface area contributed by atoms with Crippen LogP contribution in [-0.4, -0.2) is 74.0 Å². The van der Waals surface area contributed by atoms with Crippen LogP contribution in [0.15, 0.2) is 54.6 Å². The first-order chi connectivity index (χ1) is 16.0. The van der Waals surface area contributed by atoms with E-state index in [9.17, 15) is 4.79 Å². The van der Waals surface area contributed by atoms with Crippen LogP contribution in [-0.2, 0) is 11.3 Å². The Bertz CT molecular complexity index is 936. The van der Waals surface area contributed by atoms with Crippen molar-refractivity contribution in [1.29, 1.82) is 0 Å². The fourth-order valence-corrected chi connectivity index (χ4v) is 5.78. The molecular weight excluding hydrogens is 408 g/mol.